The molecular weight excluding hydrogens is 384 g/mol. The SMILES string of the molecule is COc1cccc(Nc2ncnn3ccc(CN4CC[C@@H](N)[C@H](NC(N)=O)C4)c23)c1. The number of anilines is 2. The number of hydrogen-bond donors (Lipinski definition) is 4. The molecule has 2 amide bonds. The molecule has 158 valence electrons. The zero-order chi connectivity index (χ0) is 21.1. The van der Waals surface area contributed by atoms with Gasteiger partial charge in [0.15, 0.2) is 5.82 Å². The van der Waals surface area contributed by atoms with E-state index in [1.807, 2.05) is 36.5 Å². The molecule has 10 heteroatoms. The van der Waals surface area contributed by atoms with Crippen LogP contribution in [0, 0.1) is 0 Å². The van der Waals surface area contributed by atoms with Crippen LogP contribution in [-0.2, 0) is 6.54 Å². The molecule has 0 bridgehead atoms. The van der Waals surface area contributed by atoms with Crippen molar-refractivity contribution in [2.24, 2.45) is 11.5 Å². The Morgan fingerprint density at radius 1 is 1.37 bits per heavy atom. The standard InChI is InChI=1S/C20H26N8O2/c1-30-15-4-2-3-14(9-15)25-19-18-13(5-8-28(18)24-12-23-19)10-27-7-6-16(21)17(11-27)26-20(22)29/h2-5,8-9,12,16-17H,6-7,10-11,21H2,1H3,(H3,22,26,29)(H,23,24,25)/t16-,17-/m1/s1. The van der Waals surface area contributed by atoms with Crippen LogP contribution in [0.25, 0.3) is 5.52 Å². The van der Waals surface area contributed by atoms with E-state index in [1.165, 1.54) is 6.33 Å². The van der Waals surface area contributed by atoms with Gasteiger partial charge in [-0.15, -0.1) is 0 Å². The molecule has 0 radical (unpaired) electrons. The summed E-state index contributed by atoms with van der Waals surface area (Å²) in [5.74, 6) is 1.47. The third-order valence-corrected chi connectivity index (χ3v) is 5.34. The molecule has 2 aromatic heterocycles. The summed E-state index contributed by atoms with van der Waals surface area (Å²) in [5.41, 5.74) is 14.3. The third-order valence-electron chi connectivity index (χ3n) is 5.34. The Morgan fingerprint density at radius 3 is 3.03 bits per heavy atom. The number of hydrogen-bond acceptors (Lipinski definition) is 7. The van der Waals surface area contributed by atoms with Gasteiger partial charge in [0.2, 0.25) is 0 Å². The predicted octanol–water partition coefficient (Wildman–Crippen LogP) is 1.05. The van der Waals surface area contributed by atoms with E-state index in [-0.39, 0.29) is 12.1 Å². The normalized spacial score (nSPS) is 19.5. The number of ether oxygens (including phenoxy) is 1. The van der Waals surface area contributed by atoms with Crippen molar-refractivity contribution in [3.8, 4) is 5.75 Å². The fourth-order valence-corrected chi connectivity index (χ4v) is 3.83. The van der Waals surface area contributed by atoms with Crippen LogP contribution in [0.1, 0.15) is 12.0 Å². The number of methoxy groups -OCH3 is 1. The Morgan fingerprint density at radius 2 is 2.23 bits per heavy atom. The van der Waals surface area contributed by atoms with Crippen LogP contribution in [0.5, 0.6) is 5.75 Å². The van der Waals surface area contributed by atoms with Crippen molar-refractivity contribution in [3.05, 3.63) is 48.4 Å². The first kappa shape index (κ1) is 19.9. The molecule has 1 aliphatic rings. The number of piperidine rings is 1. The maximum Gasteiger partial charge on any atom is 0.312 e. The lowest BCUT2D eigenvalue weighted by Gasteiger charge is -2.36. The van der Waals surface area contributed by atoms with E-state index in [0.29, 0.717) is 18.9 Å². The summed E-state index contributed by atoms with van der Waals surface area (Å²) in [5, 5.41) is 10.4. The van der Waals surface area contributed by atoms with Crippen molar-refractivity contribution >= 4 is 23.1 Å². The van der Waals surface area contributed by atoms with E-state index in [0.717, 1.165) is 35.5 Å². The van der Waals surface area contributed by atoms with E-state index in [4.69, 9.17) is 16.2 Å². The van der Waals surface area contributed by atoms with E-state index in [2.05, 4.69) is 25.6 Å². The number of carbonyl (C=O) groups is 1. The minimum absolute atomic E-state index is 0.104. The summed E-state index contributed by atoms with van der Waals surface area (Å²) in [7, 11) is 1.64. The number of urea groups is 1. The van der Waals surface area contributed by atoms with Crippen LogP contribution in [0.15, 0.2) is 42.9 Å². The summed E-state index contributed by atoms with van der Waals surface area (Å²) in [6.45, 7) is 2.15. The van der Waals surface area contributed by atoms with Crippen LogP contribution in [-0.4, -0.2) is 57.8 Å². The summed E-state index contributed by atoms with van der Waals surface area (Å²) >= 11 is 0. The minimum atomic E-state index is -0.551. The van der Waals surface area contributed by atoms with Gasteiger partial charge in [-0.1, -0.05) is 6.07 Å². The highest BCUT2D eigenvalue weighted by molar-refractivity contribution is 5.76. The fraction of sp³-hybridized carbons (Fsp3) is 0.350. The molecule has 1 fully saturated rings. The van der Waals surface area contributed by atoms with Crippen molar-refractivity contribution in [2.75, 3.05) is 25.5 Å². The number of nitrogens with two attached hydrogens (primary N) is 2. The number of benzene rings is 1. The smallest absolute Gasteiger partial charge is 0.312 e. The molecule has 30 heavy (non-hydrogen) atoms. The molecule has 0 unspecified atom stereocenters. The molecule has 0 spiro atoms. The quantitative estimate of drug-likeness (QED) is 0.477. The number of primary amides is 1. The lowest BCUT2D eigenvalue weighted by atomic mass is 10.00. The largest absolute Gasteiger partial charge is 0.497 e. The van der Waals surface area contributed by atoms with E-state index < -0.39 is 6.03 Å². The average Bonchev–Trinajstić information content (AvgIpc) is 3.14. The predicted molar refractivity (Wildman–Crippen MR) is 114 cm³/mol. The van der Waals surface area contributed by atoms with Gasteiger partial charge in [0, 0.05) is 43.6 Å². The van der Waals surface area contributed by atoms with Crippen molar-refractivity contribution in [1.82, 2.24) is 24.8 Å². The first-order valence-corrected chi connectivity index (χ1v) is 9.79. The molecule has 6 N–H and O–H groups in total. The van der Waals surface area contributed by atoms with Crippen LogP contribution in [0.2, 0.25) is 0 Å². The van der Waals surface area contributed by atoms with E-state index in [1.54, 1.807) is 11.6 Å². The van der Waals surface area contributed by atoms with Gasteiger partial charge >= 0.3 is 6.03 Å². The lowest BCUT2D eigenvalue weighted by molar-refractivity contribution is 0.167. The first-order chi connectivity index (χ1) is 14.5. The molecule has 2 atom stereocenters. The Bertz CT molecular complexity index is 1040. The molecule has 0 saturated carbocycles. The summed E-state index contributed by atoms with van der Waals surface area (Å²) in [4.78, 5) is 18.0. The Labute approximate surface area is 174 Å². The highest BCUT2D eigenvalue weighted by Gasteiger charge is 2.28. The van der Waals surface area contributed by atoms with E-state index in [9.17, 15) is 4.79 Å². The molecule has 1 aromatic carbocycles. The number of likely N-dealkylation sites (tertiary alicyclic amines) is 1. The molecule has 0 aliphatic carbocycles. The van der Waals surface area contributed by atoms with Gasteiger partial charge in [0.1, 0.15) is 17.6 Å². The zero-order valence-electron chi connectivity index (χ0n) is 16.8. The number of fused-ring (bicyclic) bond motifs is 1. The second kappa shape index (κ2) is 8.56. The second-order valence-electron chi connectivity index (χ2n) is 7.40. The second-order valence-corrected chi connectivity index (χ2v) is 7.40. The Hall–Kier alpha value is -3.37. The number of aromatic nitrogens is 3. The Balaban J connectivity index is 1.57. The van der Waals surface area contributed by atoms with Crippen molar-refractivity contribution < 1.29 is 9.53 Å². The van der Waals surface area contributed by atoms with Gasteiger partial charge in [0.05, 0.1) is 13.2 Å². The summed E-state index contributed by atoms with van der Waals surface area (Å²) in [6.07, 6.45) is 4.21. The fourth-order valence-electron chi connectivity index (χ4n) is 3.83. The van der Waals surface area contributed by atoms with Crippen LogP contribution >= 0.6 is 0 Å². The third kappa shape index (κ3) is 4.29. The van der Waals surface area contributed by atoms with E-state index >= 15 is 0 Å². The number of nitrogens with zero attached hydrogens (tertiary/aromatic N) is 4. The highest BCUT2D eigenvalue weighted by Crippen LogP contribution is 2.26. The maximum absolute atomic E-state index is 11.3. The summed E-state index contributed by atoms with van der Waals surface area (Å²) in [6, 6.07) is 8.88. The molecule has 3 aromatic rings. The van der Waals surface area contributed by atoms with Crippen LogP contribution < -0.4 is 26.8 Å². The lowest BCUT2D eigenvalue weighted by Crippen LogP contribution is -2.58. The first-order valence-electron chi connectivity index (χ1n) is 9.79. The van der Waals surface area contributed by atoms with Crippen LogP contribution in [0.3, 0.4) is 0 Å². The molecule has 1 saturated heterocycles. The highest BCUT2D eigenvalue weighted by atomic mass is 16.5. The molecule has 3 heterocycles. The summed E-state index contributed by atoms with van der Waals surface area (Å²) < 4.78 is 7.11. The van der Waals surface area contributed by atoms with Crippen molar-refractivity contribution in [1.29, 1.82) is 0 Å². The van der Waals surface area contributed by atoms with Gasteiger partial charge in [-0.25, -0.2) is 14.3 Å². The molecule has 1 aliphatic heterocycles. The van der Waals surface area contributed by atoms with Gasteiger partial charge in [0.25, 0.3) is 0 Å². The van der Waals surface area contributed by atoms with Crippen LogP contribution in [0.4, 0.5) is 16.3 Å². The van der Waals surface area contributed by atoms with Gasteiger partial charge in [-0.05, 0) is 30.2 Å². The number of carbonyl (C=O) groups excluding carboxylic acids is 1. The number of nitrogens with one attached hydrogen (secondary N) is 2. The topological polar surface area (TPSA) is 136 Å². The van der Waals surface area contributed by atoms with Gasteiger partial charge < -0.3 is 26.8 Å². The molecule has 4 rings (SSSR count). The monoisotopic (exact) mass is 410 g/mol. The van der Waals surface area contributed by atoms with Gasteiger partial charge in [-0.2, -0.15) is 5.10 Å². The van der Waals surface area contributed by atoms with Gasteiger partial charge in [-0.3, -0.25) is 4.90 Å². The number of rotatable bonds is 6. The van der Waals surface area contributed by atoms with Crippen molar-refractivity contribution in [2.45, 2.75) is 25.0 Å². The number of amides is 2. The maximum atomic E-state index is 11.3. The molecule has 10 nitrogen and oxygen atoms in total. The zero-order valence-corrected chi connectivity index (χ0v) is 16.8. The minimum Gasteiger partial charge on any atom is -0.497 e. The average molecular weight is 410 g/mol. The molecular formula is C20H26N8O2. The van der Waals surface area contributed by atoms with Crippen molar-refractivity contribution in [3.63, 3.8) is 0 Å². The Kier molecular flexibility index (Phi) is 5.68.